The summed E-state index contributed by atoms with van der Waals surface area (Å²) < 4.78 is 30.6. The number of anilines is 1. The van der Waals surface area contributed by atoms with E-state index in [1.165, 1.54) is 12.3 Å². The molecule has 0 saturated heterocycles. The summed E-state index contributed by atoms with van der Waals surface area (Å²) in [6, 6.07) is 1.47. The number of hydrogen-bond acceptors (Lipinski definition) is 6. The van der Waals surface area contributed by atoms with Crippen LogP contribution in [0.15, 0.2) is 21.0 Å². The SMILES string of the molecule is Cc1cc(NS(=O)(=O)c2cnc(Cl)s2)on1. The van der Waals surface area contributed by atoms with Crippen molar-refractivity contribution in [3.05, 3.63) is 22.4 Å². The maximum absolute atomic E-state index is 11.7. The molecular formula is C7H6ClN3O3S2. The van der Waals surface area contributed by atoms with Crippen molar-refractivity contribution >= 4 is 38.8 Å². The second-order valence-electron chi connectivity index (χ2n) is 2.87. The molecule has 0 radical (unpaired) electrons. The molecule has 0 saturated carbocycles. The highest BCUT2D eigenvalue weighted by atomic mass is 35.5. The molecule has 2 heterocycles. The molecule has 0 aromatic carbocycles. The van der Waals surface area contributed by atoms with Gasteiger partial charge in [0.05, 0.1) is 11.9 Å². The van der Waals surface area contributed by atoms with Gasteiger partial charge in [0.15, 0.2) is 8.68 Å². The van der Waals surface area contributed by atoms with Gasteiger partial charge in [0.25, 0.3) is 10.0 Å². The Hall–Kier alpha value is -1.12. The number of aryl methyl sites for hydroxylation is 1. The van der Waals surface area contributed by atoms with Gasteiger partial charge in [0, 0.05) is 6.07 Å². The molecule has 0 aliphatic heterocycles. The average Bonchev–Trinajstić information content (AvgIpc) is 2.75. The minimum absolute atomic E-state index is 0.0200. The Balaban J connectivity index is 2.27. The van der Waals surface area contributed by atoms with E-state index >= 15 is 0 Å². The molecule has 16 heavy (non-hydrogen) atoms. The minimum Gasteiger partial charge on any atom is -0.338 e. The van der Waals surface area contributed by atoms with Crippen LogP contribution in [-0.4, -0.2) is 18.6 Å². The lowest BCUT2D eigenvalue weighted by atomic mass is 10.5. The Morgan fingerprint density at radius 3 is 2.81 bits per heavy atom. The van der Waals surface area contributed by atoms with Crippen LogP contribution in [0.25, 0.3) is 0 Å². The predicted molar refractivity (Wildman–Crippen MR) is 59.2 cm³/mol. The third-order valence-corrected chi connectivity index (χ3v) is 4.51. The summed E-state index contributed by atoms with van der Waals surface area (Å²) in [5, 5.41) is 3.56. The lowest BCUT2D eigenvalue weighted by Gasteiger charge is -1.99. The van der Waals surface area contributed by atoms with Crippen LogP contribution in [0, 0.1) is 6.92 Å². The number of nitrogens with zero attached hydrogens (tertiary/aromatic N) is 2. The molecule has 0 spiro atoms. The van der Waals surface area contributed by atoms with E-state index < -0.39 is 10.0 Å². The summed E-state index contributed by atoms with van der Waals surface area (Å²) >= 11 is 6.42. The van der Waals surface area contributed by atoms with E-state index in [1.807, 2.05) is 0 Å². The number of rotatable bonds is 3. The summed E-state index contributed by atoms with van der Waals surface area (Å²) in [6.45, 7) is 1.69. The largest absolute Gasteiger partial charge is 0.338 e. The van der Waals surface area contributed by atoms with E-state index in [9.17, 15) is 8.42 Å². The van der Waals surface area contributed by atoms with Crippen LogP contribution in [0.1, 0.15) is 5.69 Å². The van der Waals surface area contributed by atoms with Crippen molar-refractivity contribution in [1.29, 1.82) is 0 Å². The van der Waals surface area contributed by atoms with Gasteiger partial charge in [-0.05, 0) is 6.92 Å². The van der Waals surface area contributed by atoms with Crippen LogP contribution in [-0.2, 0) is 10.0 Å². The van der Waals surface area contributed by atoms with Crippen molar-refractivity contribution in [2.75, 3.05) is 4.72 Å². The maximum atomic E-state index is 11.7. The van der Waals surface area contributed by atoms with Crippen LogP contribution >= 0.6 is 22.9 Å². The highest BCUT2D eigenvalue weighted by Crippen LogP contribution is 2.24. The zero-order valence-corrected chi connectivity index (χ0v) is 10.4. The van der Waals surface area contributed by atoms with Crippen LogP contribution < -0.4 is 4.72 Å². The van der Waals surface area contributed by atoms with Crippen molar-refractivity contribution in [2.45, 2.75) is 11.1 Å². The molecule has 1 N–H and O–H groups in total. The van der Waals surface area contributed by atoms with Gasteiger partial charge in [0.1, 0.15) is 0 Å². The van der Waals surface area contributed by atoms with E-state index in [4.69, 9.17) is 16.1 Å². The van der Waals surface area contributed by atoms with Gasteiger partial charge in [-0.3, -0.25) is 0 Å². The molecule has 0 aliphatic rings. The zero-order chi connectivity index (χ0) is 11.8. The van der Waals surface area contributed by atoms with E-state index in [1.54, 1.807) is 6.92 Å². The number of hydrogen-bond donors (Lipinski definition) is 1. The molecule has 0 amide bonds. The van der Waals surface area contributed by atoms with Crippen LogP contribution in [0.2, 0.25) is 4.47 Å². The standard InChI is InChI=1S/C7H6ClN3O3S2/c1-4-2-5(14-10-4)11-16(12,13)6-3-9-7(8)15-6/h2-3,11H,1H3. The van der Waals surface area contributed by atoms with Gasteiger partial charge in [0.2, 0.25) is 5.88 Å². The smallest absolute Gasteiger partial charge is 0.275 e. The molecule has 2 aromatic rings. The third-order valence-electron chi connectivity index (χ3n) is 1.58. The fourth-order valence-electron chi connectivity index (χ4n) is 0.958. The Morgan fingerprint density at radius 1 is 1.56 bits per heavy atom. The van der Waals surface area contributed by atoms with Crippen molar-refractivity contribution in [3.8, 4) is 0 Å². The molecule has 2 rings (SSSR count). The minimum atomic E-state index is -3.69. The van der Waals surface area contributed by atoms with E-state index in [-0.39, 0.29) is 14.6 Å². The number of sulfonamides is 1. The van der Waals surface area contributed by atoms with Gasteiger partial charge in [-0.25, -0.2) is 18.1 Å². The monoisotopic (exact) mass is 279 g/mol. The van der Waals surface area contributed by atoms with Gasteiger partial charge in [-0.2, -0.15) is 0 Å². The second kappa shape index (κ2) is 4.04. The summed E-state index contributed by atoms with van der Waals surface area (Å²) in [5.41, 5.74) is 0.583. The first kappa shape index (κ1) is 11.4. The fraction of sp³-hybridized carbons (Fsp3) is 0.143. The first-order valence-corrected chi connectivity index (χ1v) is 6.72. The summed E-state index contributed by atoms with van der Waals surface area (Å²) in [4.78, 5) is 3.65. The second-order valence-corrected chi connectivity index (χ2v) is 6.39. The molecule has 0 aliphatic carbocycles. The molecule has 0 unspecified atom stereocenters. The Morgan fingerprint density at radius 2 is 2.31 bits per heavy atom. The number of halogens is 1. The molecule has 9 heteroatoms. The molecule has 2 aromatic heterocycles. The van der Waals surface area contributed by atoms with Gasteiger partial charge in [-0.15, -0.1) is 0 Å². The Labute approximate surface area is 100 Å². The number of aromatic nitrogens is 2. The highest BCUT2D eigenvalue weighted by Gasteiger charge is 2.19. The van der Waals surface area contributed by atoms with Gasteiger partial charge < -0.3 is 4.52 Å². The van der Waals surface area contributed by atoms with Crippen molar-refractivity contribution in [1.82, 2.24) is 10.1 Å². The molecule has 0 atom stereocenters. The van der Waals surface area contributed by atoms with Crippen LogP contribution in [0.4, 0.5) is 5.88 Å². The molecule has 86 valence electrons. The quantitative estimate of drug-likeness (QED) is 0.927. The maximum Gasteiger partial charge on any atom is 0.275 e. The van der Waals surface area contributed by atoms with Crippen molar-refractivity contribution in [3.63, 3.8) is 0 Å². The summed E-state index contributed by atoms with van der Waals surface area (Å²) in [7, 11) is -3.69. The van der Waals surface area contributed by atoms with Crippen molar-refractivity contribution < 1.29 is 12.9 Å². The molecule has 0 fully saturated rings. The third kappa shape index (κ3) is 2.34. The highest BCUT2D eigenvalue weighted by molar-refractivity contribution is 7.94. The van der Waals surface area contributed by atoms with Crippen LogP contribution in [0.5, 0.6) is 0 Å². The van der Waals surface area contributed by atoms with Crippen molar-refractivity contribution in [2.24, 2.45) is 0 Å². The normalized spacial score (nSPS) is 11.6. The molecular weight excluding hydrogens is 274 g/mol. The fourth-order valence-corrected chi connectivity index (χ4v) is 3.22. The van der Waals surface area contributed by atoms with Crippen LogP contribution in [0.3, 0.4) is 0 Å². The lowest BCUT2D eigenvalue weighted by Crippen LogP contribution is -2.10. The predicted octanol–water partition coefficient (Wildman–Crippen LogP) is 1.89. The first-order chi connectivity index (χ1) is 7.47. The lowest BCUT2D eigenvalue weighted by molar-refractivity contribution is 0.430. The average molecular weight is 280 g/mol. The zero-order valence-electron chi connectivity index (χ0n) is 7.97. The Bertz CT molecular complexity index is 604. The van der Waals surface area contributed by atoms with Gasteiger partial charge in [-0.1, -0.05) is 28.1 Å². The van der Waals surface area contributed by atoms with E-state index in [2.05, 4.69) is 14.9 Å². The summed E-state index contributed by atoms with van der Waals surface area (Å²) in [6.07, 6.45) is 1.18. The molecule has 0 bridgehead atoms. The Kier molecular flexibility index (Phi) is 2.87. The molecule has 6 nitrogen and oxygen atoms in total. The summed E-state index contributed by atoms with van der Waals surface area (Å²) in [5.74, 6) is 0.0574. The van der Waals surface area contributed by atoms with Gasteiger partial charge >= 0.3 is 0 Å². The number of nitrogens with one attached hydrogen (secondary N) is 1. The topological polar surface area (TPSA) is 85.1 Å². The van der Waals surface area contributed by atoms with E-state index in [0.29, 0.717) is 5.69 Å². The number of thiazole rings is 1. The first-order valence-electron chi connectivity index (χ1n) is 4.05. The van der Waals surface area contributed by atoms with E-state index in [0.717, 1.165) is 11.3 Å².